The first-order chi connectivity index (χ1) is 13.5. The number of aliphatic hydroxyl groups is 3. The number of ether oxygens (including phenoxy) is 3. The minimum atomic E-state index is -1.66. The molecule has 0 aromatic heterocycles. The van der Waals surface area contributed by atoms with Crippen LogP contribution in [0.15, 0.2) is 60.7 Å². The number of carbonyl (C=O) groups excluding carboxylic acids is 2. The molecule has 5 atom stereocenters. The van der Waals surface area contributed by atoms with Crippen molar-refractivity contribution in [3.05, 3.63) is 71.8 Å². The number of aliphatic hydroxyl groups excluding tert-OH is 3. The van der Waals surface area contributed by atoms with E-state index in [0.29, 0.717) is 0 Å². The van der Waals surface area contributed by atoms with Crippen LogP contribution in [0.25, 0.3) is 0 Å². The lowest BCUT2D eigenvalue weighted by Crippen LogP contribution is -2.45. The van der Waals surface area contributed by atoms with Gasteiger partial charge in [0.25, 0.3) is 0 Å². The average molecular weight is 388 g/mol. The molecule has 0 saturated carbocycles. The van der Waals surface area contributed by atoms with Gasteiger partial charge >= 0.3 is 11.9 Å². The van der Waals surface area contributed by atoms with E-state index in [2.05, 4.69) is 0 Å². The summed E-state index contributed by atoms with van der Waals surface area (Å²) >= 11 is 0. The van der Waals surface area contributed by atoms with Gasteiger partial charge in [0, 0.05) is 0 Å². The zero-order valence-electron chi connectivity index (χ0n) is 14.8. The van der Waals surface area contributed by atoms with Gasteiger partial charge in [-0.05, 0) is 24.3 Å². The van der Waals surface area contributed by atoms with Gasteiger partial charge in [-0.15, -0.1) is 0 Å². The highest BCUT2D eigenvalue weighted by Gasteiger charge is 2.50. The molecular formula is C20H20O8. The number of carbonyl (C=O) groups is 2. The number of hydrogen-bond donors (Lipinski definition) is 3. The molecule has 1 heterocycles. The molecule has 3 rings (SSSR count). The van der Waals surface area contributed by atoms with Crippen LogP contribution in [0.4, 0.5) is 0 Å². The molecule has 0 bridgehead atoms. The SMILES string of the molecule is O=C(O[C@@H]1[C@@H](O)[C@H](O)O[C@@H]1[C@@H](CO)OC(=O)c1ccccc1)c1ccccc1. The van der Waals surface area contributed by atoms with Crippen molar-refractivity contribution in [2.75, 3.05) is 6.61 Å². The highest BCUT2D eigenvalue weighted by Crippen LogP contribution is 2.28. The van der Waals surface area contributed by atoms with Crippen molar-refractivity contribution >= 4 is 11.9 Å². The molecule has 2 aromatic carbocycles. The van der Waals surface area contributed by atoms with Gasteiger partial charge < -0.3 is 29.5 Å². The fourth-order valence-electron chi connectivity index (χ4n) is 2.87. The molecule has 3 N–H and O–H groups in total. The van der Waals surface area contributed by atoms with Gasteiger partial charge in [-0.1, -0.05) is 36.4 Å². The molecule has 1 saturated heterocycles. The van der Waals surface area contributed by atoms with Gasteiger partial charge in [0.1, 0.15) is 12.2 Å². The molecular weight excluding hydrogens is 368 g/mol. The van der Waals surface area contributed by atoms with Crippen LogP contribution in [-0.4, -0.2) is 64.6 Å². The van der Waals surface area contributed by atoms with Gasteiger partial charge in [-0.2, -0.15) is 0 Å². The van der Waals surface area contributed by atoms with Gasteiger partial charge in [-0.3, -0.25) is 0 Å². The average Bonchev–Trinajstić information content (AvgIpc) is 3.01. The molecule has 8 heteroatoms. The first-order valence-electron chi connectivity index (χ1n) is 8.65. The molecule has 8 nitrogen and oxygen atoms in total. The molecule has 28 heavy (non-hydrogen) atoms. The number of esters is 2. The fraction of sp³-hybridized carbons (Fsp3) is 0.300. The highest BCUT2D eigenvalue weighted by molar-refractivity contribution is 5.90. The molecule has 0 amide bonds. The van der Waals surface area contributed by atoms with Crippen LogP contribution in [0.1, 0.15) is 20.7 Å². The van der Waals surface area contributed by atoms with Crippen molar-refractivity contribution in [1.29, 1.82) is 0 Å². The predicted octanol–water partition coefficient (Wildman–Crippen LogP) is 0.508. The Labute approximate surface area is 160 Å². The summed E-state index contributed by atoms with van der Waals surface area (Å²) in [5, 5.41) is 29.6. The third kappa shape index (κ3) is 4.37. The minimum Gasteiger partial charge on any atom is -0.453 e. The Kier molecular flexibility index (Phi) is 6.37. The summed E-state index contributed by atoms with van der Waals surface area (Å²) in [4.78, 5) is 24.6. The normalized spacial score (nSPS) is 25.1. The Bertz CT molecular complexity index is 794. The van der Waals surface area contributed by atoms with Crippen LogP contribution in [0, 0.1) is 0 Å². The largest absolute Gasteiger partial charge is 0.453 e. The second-order valence-electron chi connectivity index (χ2n) is 6.21. The molecule has 0 unspecified atom stereocenters. The van der Waals surface area contributed by atoms with E-state index in [9.17, 15) is 24.9 Å². The Hall–Kier alpha value is -2.78. The fourth-order valence-corrected chi connectivity index (χ4v) is 2.87. The van der Waals surface area contributed by atoms with Gasteiger partial charge in [0.2, 0.25) is 0 Å². The van der Waals surface area contributed by atoms with Crippen LogP contribution in [-0.2, 0) is 14.2 Å². The van der Waals surface area contributed by atoms with Crippen molar-refractivity contribution in [1.82, 2.24) is 0 Å². The summed E-state index contributed by atoms with van der Waals surface area (Å²) in [7, 11) is 0. The van der Waals surface area contributed by atoms with E-state index in [1.807, 2.05) is 0 Å². The Morgan fingerprint density at radius 1 is 0.929 bits per heavy atom. The van der Waals surface area contributed by atoms with Crippen LogP contribution in [0.3, 0.4) is 0 Å². The van der Waals surface area contributed by atoms with Crippen LogP contribution in [0.5, 0.6) is 0 Å². The van der Waals surface area contributed by atoms with Crippen molar-refractivity contribution in [2.24, 2.45) is 0 Å². The highest BCUT2D eigenvalue weighted by atomic mass is 16.7. The maximum atomic E-state index is 12.3. The van der Waals surface area contributed by atoms with Crippen molar-refractivity contribution in [3.8, 4) is 0 Å². The van der Waals surface area contributed by atoms with E-state index >= 15 is 0 Å². The number of benzene rings is 2. The number of hydrogen-bond acceptors (Lipinski definition) is 8. The third-order valence-corrected chi connectivity index (χ3v) is 4.32. The Morgan fingerprint density at radius 3 is 2.00 bits per heavy atom. The maximum Gasteiger partial charge on any atom is 0.338 e. The third-order valence-electron chi connectivity index (χ3n) is 4.32. The topological polar surface area (TPSA) is 123 Å². The zero-order valence-corrected chi connectivity index (χ0v) is 14.8. The maximum absolute atomic E-state index is 12.3. The first kappa shape index (κ1) is 20.0. The van der Waals surface area contributed by atoms with E-state index in [4.69, 9.17) is 14.2 Å². The standard InChI is InChI=1S/C20H20O8/c21-11-14(26-18(23)12-7-3-1-4-8-12)16-17(15(22)20(25)27-16)28-19(24)13-9-5-2-6-10-13/h1-10,14-17,20-22,25H,11H2/t14-,15-,16-,17-,20-/m1/s1. The molecule has 0 spiro atoms. The molecule has 1 fully saturated rings. The quantitative estimate of drug-likeness (QED) is 0.612. The van der Waals surface area contributed by atoms with Crippen LogP contribution in [0.2, 0.25) is 0 Å². The van der Waals surface area contributed by atoms with Crippen LogP contribution >= 0.6 is 0 Å². The van der Waals surface area contributed by atoms with Gasteiger partial charge in [0.05, 0.1) is 17.7 Å². The van der Waals surface area contributed by atoms with Crippen LogP contribution < -0.4 is 0 Å². The lowest BCUT2D eigenvalue weighted by atomic mass is 10.1. The summed E-state index contributed by atoms with van der Waals surface area (Å²) in [6.45, 7) is -0.665. The number of rotatable bonds is 6. The van der Waals surface area contributed by atoms with E-state index in [0.717, 1.165) is 0 Å². The molecule has 0 radical (unpaired) electrons. The first-order valence-corrected chi connectivity index (χ1v) is 8.65. The monoisotopic (exact) mass is 388 g/mol. The second-order valence-corrected chi connectivity index (χ2v) is 6.21. The lowest BCUT2D eigenvalue weighted by Gasteiger charge is -2.26. The second kappa shape index (κ2) is 8.94. The Morgan fingerprint density at radius 2 is 1.46 bits per heavy atom. The lowest BCUT2D eigenvalue weighted by molar-refractivity contribution is -0.151. The van der Waals surface area contributed by atoms with E-state index in [1.54, 1.807) is 36.4 Å². The van der Waals surface area contributed by atoms with E-state index in [-0.39, 0.29) is 11.1 Å². The predicted molar refractivity (Wildman–Crippen MR) is 95.3 cm³/mol. The van der Waals surface area contributed by atoms with Gasteiger partial charge in [0.15, 0.2) is 18.5 Å². The molecule has 0 aliphatic carbocycles. The molecule has 1 aliphatic heterocycles. The van der Waals surface area contributed by atoms with Crippen molar-refractivity contribution in [2.45, 2.75) is 30.7 Å². The zero-order chi connectivity index (χ0) is 20.1. The minimum absolute atomic E-state index is 0.233. The summed E-state index contributed by atoms with van der Waals surface area (Å²) in [5.41, 5.74) is 0.481. The summed E-state index contributed by atoms with van der Waals surface area (Å²) in [6, 6.07) is 16.1. The van der Waals surface area contributed by atoms with Crippen molar-refractivity contribution < 1.29 is 39.1 Å². The summed E-state index contributed by atoms with van der Waals surface area (Å²) in [5.74, 6) is -1.48. The van der Waals surface area contributed by atoms with Crippen molar-refractivity contribution in [3.63, 3.8) is 0 Å². The van der Waals surface area contributed by atoms with E-state index < -0.39 is 49.3 Å². The smallest absolute Gasteiger partial charge is 0.338 e. The Balaban J connectivity index is 1.75. The summed E-state index contributed by atoms with van der Waals surface area (Å²) < 4.78 is 15.7. The van der Waals surface area contributed by atoms with Gasteiger partial charge in [-0.25, -0.2) is 9.59 Å². The molecule has 2 aromatic rings. The summed E-state index contributed by atoms with van der Waals surface area (Å²) in [6.07, 6.45) is -7.10. The molecule has 1 aliphatic rings. The molecule has 148 valence electrons. The van der Waals surface area contributed by atoms with E-state index in [1.165, 1.54) is 24.3 Å².